The average molecular weight is 235 g/mol. The number of hydrogen-bond acceptors (Lipinski definition) is 5. The van der Waals surface area contributed by atoms with Crippen molar-refractivity contribution >= 4 is 5.97 Å². The smallest absolute Gasteiger partial charge is 0.341 e. The van der Waals surface area contributed by atoms with Gasteiger partial charge in [0.25, 0.3) is 0 Å². The molecule has 0 saturated carbocycles. The molecule has 0 aliphatic heterocycles. The minimum Gasteiger partial charge on any atom is -0.507 e. The molecular formula is C11H9NO5. The van der Waals surface area contributed by atoms with Crippen LogP contribution < -0.4 is 4.74 Å². The number of carboxylic acids is 1. The highest BCUT2D eigenvalue weighted by Gasteiger charge is 2.19. The number of hydrogen-bond donors (Lipinski definition) is 2. The number of rotatable bonds is 3. The molecule has 0 atom stereocenters. The van der Waals surface area contributed by atoms with Gasteiger partial charge < -0.3 is 19.5 Å². The Labute approximate surface area is 96.0 Å². The van der Waals surface area contributed by atoms with E-state index in [4.69, 9.17) is 14.4 Å². The predicted octanol–water partition coefficient (Wildman–Crippen LogP) is 1.75. The van der Waals surface area contributed by atoms with Crippen molar-refractivity contribution in [1.82, 2.24) is 5.16 Å². The van der Waals surface area contributed by atoms with E-state index in [0.717, 1.165) is 6.20 Å². The SMILES string of the molecule is COc1ccc(-c2oncc2C(=O)O)c(O)c1. The van der Waals surface area contributed by atoms with Crippen molar-refractivity contribution in [2.24, 2.45) is 0 Å². The Bertz CT molecular complexity index is 561. The molecule has 0 radical (unpaired) electrons. The number of aromatic nitrogens is 1. The summed E-state index contributed by atoms with van der Waals surface area (Å²) < 4.78 is 9.76. The van der Waals surface area contributed by atoms with Gasteiger partial charge in [-0.3, -0.25) is 0 Å². The van der Waals surface area contributed by atoms with Crippen molar-refractivity contribution in [2.75, 3.05) is 7.11 Å². The number of nitrogens with zero attached hydrogens (tertiary/aromatic N) is 1. The summed E-state index contributed by atoms with van der Waals surface area (Å²) in [6, 6.07) is 4.45. The van der Waals surface area contributed by atoms with Gasteiger partial charge in [0.1, 0.15) is 17.1 Å². The molecule has 6 nitrogen and oxygen atoms in total. The fourth-order valence-corrected chi connectivity index (χ4v) is 1.42. The molecule has 1 aromatic heterocycles. The summed E-state index contributed by atoms with van der Waals surface area (Å²) in [4.78, 5) is 10.9. The number of aromatic carboxylic acids is 1. The van der Waals surface area contributed by atoms with E-state index in [1.807, 2.05) is 0 Å². The number of aromatic hydroxyl groups is 1. The van der Waals surface area contributed by atoms with Crippen LogP contribution >= 0.6 is 0 Å². The molecule has 88 valence electrons. The Morgan fingerprint density at radius 1 is 1.47 bits per heavy atom. The summed E-state index contributed by atoms with van der Waals surface area (Å²) in [5, 5.41) is 22.0. The van der Waals surface area contributed by atoms with Crippen LogP contribution in [0.1, 0.15) is 10.4 Å². The number of carbonyl (C=O) groups is 1. The van der Waals surface area contributed by atoms with Crippen molar-refractivity contribution in [2.45, 2.75) is 0 Å². The molecule has 0 fully saturated rings. The van der Waals surface area contributed by atoms with Crippen LogP contribution in [0, 0.1) is 0 Å². The number of ether oxygens (including phenoxy) is 1. The van der Waals surface area contributed by atoms with Crippen molar-refractivity contribution < 1.29 is 24.3 Å². The Kier molecular flexibility index (Phi) is 2.70. The standard InChI is InChI=1S/C11H9NO5/c1-16-6-2-3-7(9(13)4-6)10-8(11(14)15)5-12-17-10/h2-5,13H,1H3,(H,14,15). The van der Waals surface area contributed by atoms with E-state index in [0.29, 0.717) is 5.75 Å². The number of phenolic OH excluding ortho intramolecular Hbond substituents is 1. The Morgan fingerprint density at radius 2 is 2.24 bits per heavy atom. The van der Waals surface area contributed by atoms with Gasteiger partial charge in [-0.1, -0.05) is 5.16 Å². The summed E-state index contributed by atoms with van der Waals surface area (Å²) in [5.41, 5.74) is 0.145. The third-order valence-electron chi connectivity index (χ3n) is 2.25. The van der Waals surface area contributed by atoms with Crippen LogP contribution in [0.25, 0.3) is 11.3 Å². The summed E-state index contributed by atoms with van der Waals surface area (Å²) in [6.45, 7) is 0. The summed E-state index contributed by atoms with van der Waals surface area (Å²) in [7, 11) is 1.46. The van der Waals surface area contributed by atoms with Crippen LogP contribution in [0.3, 0.4) is 0 Å². The Hall–Kier alpha value is -2.50. The van der Waals surface area contributed by atoms with Gasteiger partial charge in [-0.2, -0.15) is 0 Å². The number of phenols is 1. The molecule has 2 N–H and O–H groups in total. The minimum absolute atomic E-state index is 0.0117. The fourth-order valence-electron chi connectivity index (χ4n) is 1.42. The van der Waals surface area contributed by atoms with Gasteiger partial charge in [0.05, 0.1) is 18.9 Å². The topological polar surface area (TPSA) is 92.8 Å². The molecule has 6 heteroatoms. The second kappa shape index (κ2) is 4.17. The zero-order valence-corrected chi connectivity index (χ0v) is 8.88. The fraction of sp³-hybridized carbons (Fsp3) is 0.0909. The quantitative estimate of drug-likeness (QED) is 0.841. The molecule has 0 spiro atoms. The molecule has 1 aromatic carbocycles. The third kappa shape index (κ3) is 1.92. The van der Waals surface area contributed by atoms with E-state index < -0.39 is 5.97 Å². The van der Waals surface area contributed by atoms with E-state index in [2.05, 4.69) is 5.16 Å². The van der Waals surface area contributed by atoms with Gasteiger partial charge in [0, 0.05) is 6.07 Å². The summed E-state index contributed by atoms with van der Waals surface area (Å²) in [5.74, 6) is -0.833. The second-order valence-corrected chi connectivity index (χ2v) is 3.26. The van der Waals surface area contributed by atoms with Crippen LogP contribution in [0.2, 0.25) is 0 Å². The zero-order chi connectivity index (χ0) is 12.4. The predicted molar refractivity (Wildman–Crippen MR) is 57.1 cm³/mol. The van der Waals surface area contributed by atoms with Crippen molar-refractivity contribution in [1.29, 1.82) is 0 Å². The first-order valence-electron chi connectivity index (χ1n) is 4.69. The molecule has 17 heavy (non-hydrogen) atoms. The maximum atomic E-state index is 10.9. The summed E-state index contributed by atoms with van der Waals surface area (Å²) in [6.07, 6.45) is 1.08. The molecule has 2 rings (SSSR count). The highest BCUT2D eigenvalue weighted by atomic mass is 16.5. The first-order valence-corrected chi connectivity index (χ1v) is 4.69. The lowest BCUT2D eigenvalue weighted by atomic mass is 10.1. The number of carboxylic acid groups (broad SMARTS) is 1. The Balaban J connectivity index is 2.53. The normalized spacial score (nSPS) is 10.2. The first-order chi connectivity index (χ1) is 8.13. The van der Waals surface area contributed by atoms with Crippen LogP contribution in [0.5, 0.6) is 11.5 Å². The minimum atomic E-state index is -1.17. The van der Waals surface area contributed by atoms with Gasteiger partial charge in [-0.05, 0) is 12.1 Å². The molecular weight excluding hydrogens is 226 g/mol. The maximum absolute atomic E-state index is 10.9. The second-order valence-electron chi connectivity index (χ2n) is 3.26. The first kappa shape index (κ1) is 11.0. The molecule has 0 aliphatic rings. The van der Waals surface area contributed by atoms with Crippen LogP contribution in [0.4, 0.5) is 0 Å². The van der Waals surface area contributed by atoms with Crippen LogP contribution in [-0.4, -0.2) is 28.4 Å². The molecule has 1 heterocycles. The van der Waals surface area contributed by atoms with Crippen LogP contribution in [0.15, 0.2) is 28.9 Å². The van der Waals surface area contributed by atoms with E-state index >= 15 is 0 Å². The summed E-state index contributed by atoms with van der Waals surface area (Å²) >= 11 is 0. The Morgan fingerprint density at radius 3 is 2.82 bits per heavy atom. The molecule has 2 aromatic rings. The van der Waals surface area contributed by atoms with Gasteiger partial charge in [-0.25, -0.2) is 4.79 Å². The van der Waals surface area contributed by atoms with Gasteiger partial charge >= 0.3 is 5.97 Å². The highest BCUT2D eigenvalue weighted by Crippen LogP contribution is 2.34. The lowest BCUT2D eigenvalue weighted by Crippen LogP contribution is -1.96. The van der Waals surface area contributed by atoms with Crippen molar-refractivity contribution in [3.63, 3.8) is 0 Å². The van der Waals surface area contributed by atoms with E-state index in [1.165, 1.54) is 19.2 Å². The van der Waals surface area contributed by atoms with E-state index in [-0.39, 0.29) is 22.6 Å². The molecule has 0 bridgehead atoms. The molecule has 0 aliphatic carbocycles. The number of methoxy groups -OCH3 is 1. The van der Waals surface area contributed by atoms with E-state index in [1.54, 1.807) is 6.07 Å². The number of benzene rings is 1. The monoisotopic (exact) mass is 235 g/mol. The molecule has 0 saturated heterocycles. The lowest BCUT2D eigenvalue weighted by Gasteiger charge is -2.04. The molecule has 0 amide bonds. The maximum Gasteiger partial charge on any atom is 0.341 e. The van der Waals surface area contributed by atoms with Crippen molar-refractivity contribution in [3.05, 3.63) is 30.0 Å². The van der Waals surface area contributed by atoms with Gasteiger partial charge in [-0.15, -0.1) is 0 Å². The third-order valence-corrected chi connectivity index (χ3v) is 2.25. The molecule has 0 unspecified atom stereocenters. The zero-order valence-electron chi connectivity index (χ0n) is 8.88. The van der Waals surface area contributed by atoms with E-state index in [9.17, 15) is 9.90 Å². The average Bonchev–Trinajstić information content (AvgIpc) is 2.77. The largest absolute Gasteiger partial charge is 0.507 e. The lowest BCUT2D eigenvalue weighted by molar-refractivity contribution is 0.0697. The highest BCUT2D eigenvalue weighted by molar-refractivity contribution is 5.94. The van der Waals surface area contributed by atoms with Gasteiger partial charge in [0.2, 0.25) is 0 Å². The van der Waals surface area contributed by atoms with Crippen molar-refractivity contribution in [3.8, 4) is 22.8 Å². The van der Waals surface area contributed by atoms with Gasteiger partial charge in [0.15, 0.2) is 5.76 Å². The van der Waals surface area contributed by atoms with Crippen LogP contribution in [-0.2, 0) is 0 Å².